The highest BCUT2D eigenvalue weighted by molar-refractivity contribution is 7.90. The number of methoxy groups -OCH3 is 1. The van der Waals surface area contributed by atoms with Gasteiger partial charge in [-0.2, -0.15) is 0 Å². The number of cyclic esters (lactones) is 1. The molecule has 12 nitrogen and oxygen atoms in total. The number of Topliss-reactive ketones (excluding diaryl/α,β-unsaturated/α-hetero) is 1. The number of rotatable bonds is 9. The van der Waals surface area contributed by atoms with Crippen LogP contribution in [-0.4, -0.2) is 79.5 Å². The number of hydrogen-bond acceptors (Lipinski definition) is 10. The normalized spacial score (nSPS) is 25.9. The fourth-order valence-electron chi connectivity index (χ4n) is 8.40. The summed E-state index contributed by atoms with van der Waals surface area (Å²) >= 11 is 0. The number of carbonyl (C=O) groups excluding carboxylic acids is 4. The van der Waals surface area contributed by atoms with E-state index in [0.717, 1.165) is 29.4 Å². The van der Waals surface area contributed by atoms with Crippen molar-refractivity contribution in [3.05, 3.63) is 66.7 Å². The molecule has 2 aliphatic carbocycles. The van der Waals surface area contributed by atoms with Gasteiger partial charge in [-0.3, -0.25) is 23.9 Å². The summed E-state index contributed by atoms with van der Waals surface area (Å²) in [6.45, 7) is 9.77. The summed E-state index contributed by atoms with van der Waals surface area (Å²) in [6, 6.07) is 14.6. The molecule has 3 fully saturated rings. The summed E-state index contributed by atoms with van der Waals surface area (Å²) in [5.41, 5.74) is 1.23. The van der Waals surface area contributed by atoms with E-state index >= 15 is 0 Å². The van der Waals surface area contributed by atoms with Gasteiger partial charge in [-0.15, -0.1) is 6.58 Å². The van der Waals surface area contributed by atoms with Crippen molar-refractivity contribution in [3.8, 4) is 22.8 Å². The highest BCUT2D eigenvalue weighted by Gasteiger charge is 2.61. The number of nitrogens with zero attached hydrogens (tertiary/aromatic N) is 2. The molecule has 0 unspecified atom stereocenters. The number of nitrogens with one attached hydrogen (secondary N) is 1. The fraction of sp³-hybridized carbons (Fsp3) is 0.523. The SMILES string of the molecule is C=C[C@@H]1C[C@]1(CC(=O)[C@@H]1C[C@@H]2CN1C(=O)[C@H](C(C)(C)C)CC(=O)OCCCCCc1cc3c(cc(-c4ccccc4)nc3cc1OC)O2)C(=O)NS(=O)(=O)C1CC1. The Kier molecular flexibility index (Phi) is 11.3. The highest BCUT2D eigenvalue weighted by atomic mass is 32.2. The number of amides is 2. The monoisotopic (exact) mass is 799 g/mol. The molecule has 3 heterocycles. The standard InChI is InChI=1S/C44H53N3O9S/c1-6-29-24-44(29,42(51)46-57(52,53)31-16-17-31)25-37(48)36-20-30-26-47(36)41(50)33(43(2,3)4)21-40(49)55-18-12-8-11-15-28-19-32-35(23-38(28)54-5)45-34(22-39(32)56-30)27-13-9-7-10-14-27/h6-7,9-10,13-14,19,22-23,29-31,33,36H,1,8,11-12,15-18,20-21,24-26H2,2-5H3,(H,46,51)/t29-,30-,33-,36+,44-/m1/s1. The Bertz CT molecular complexity index is 2180. The third kappa shape index (κ3) is 8.59. The molecule has 57 heavy (non-hydrogen) atoms. The lowest BCUT2D eigenvalue weighted by Crippen LogP contribution is -2.48. The van der Waals surface area contributed by atoms with Crippen LogP contribution >= 0.6 is 0 Å². The molecule has 304 valence electrons. The van der Waals surface area contributed by atoms with Gasteiger partial charge in [0.1, 0.15) is 17.6 Å². The molecule has 1 aromatic heterocycles. The predicted molar refractivity (Wildman–Crippen MR) is 215 cm³/mol. The average Bonchev–Trinajstić information content (AvgIpc) is 4.11. The van der Waals surface area contributed by atoms with E-state index in [2.05, 4.69) is 11.3 Å². The molecule has 0 spiro atoms. The van der Waals surface area contributed by atoms with Crippen LogP contribution < -0.4 is 14.2 Å². The number of carbonyl (C=O) groups is 4. The first-order chi connectivity index (χ1) is 27.1. The van der Waals surface area contributed by atoms with E-state index < -0.39 is 62.0 Å². The zero-order valence-electron chi connectivity index (χ0n) is 33.3. The van der Waals surface area contributed by atoms with Gasteiger partial charge in [-0.25, -0.2) is 13.4 Å². The van der Waals surface area contributed by atoms with Crippen molar-refractivity contribution in [1.82, 2.24) is 14.6 Å². The second kappa shape index (κ2) is 15.9. The first-order valence-electron chi connectivity index (χ1n) is 20.0. The second-order valence-electron chi connectivity index (χ2n) is 17.2. The zero-order chi connectivity index (χ0) is 40.7. The number of benzene rings is 2. The number of hydrogen-bond donors (Lipinski definition) is 1. The Hall–Kier alpha value is -4.78. The number of aromatic nitrogens is 1. The van der Waals surface area contributed by atoms with Gasteiger partial charge in [0, 0.05) is 35.9 Å². The van der Waals surface area contributed by atoms with Crippen LogP contribution in [0.3, 0.4) is 0 Å². The quantitative estimate of drug-likeness (QED) is 0.191. The van der Waals surface area contributed by atoms with Gasteiger partial charge in [-0.05, 0) is 67.9 Å². The number of allylic oxidation sites excluding steroid dienone is 1. The van der Waals surface area contributed by atoms with Crippen molar-refractivity contribution in [1.29, 1.82) is 0 Å². The molecule has 3 aromatic rings. The number of ether oxygens (including phenoxy) is 3. The Labute approximate surface area is 334 Å². The summed E-state index contributed by atoms with van der Waals surface area (Å²) in [5, 5.41) is 0.152. The van der Waals surface area contributed by atoms with E-state index in [1.165, 1.54) is 4.90 Å². The maximum Gasteiger partial charge on any atom is 0.306 e. The second-order valence-corrected chi connectivity index (χ2v) is 19.2. The van der Waals surface area contributed by atoms with Gasteiger partial charge in [0.15, 0.2) is 5.78 Å². The third-order valence-corrected chi connectivity index (χ3v) is 13.9. The van der Waals surface area contributed by atoms with E-state index in [9.17, 15) is 27.6 Å². The number of esters is 1. The minimum atomic E-state index is -3.86. The largest absolute Gasteiger partial charge is 0.496 e. The van der Waals surface area contributed by atoms with Crippen LogP contribution in [-0.2, 0) is 40.4 Å². The van der Waals surface area contributed by atoms with Crippen LogP contribution in [0, 0.1) is 22.7 Å². The molecule has 5 atom stereocenters. The molecular formula is C44H53N3O9S. The van der Waals surface area contributed by atoms with Crippen molar-refractivity contribution < 1.29 is 41.8 Å². The predicted octanol–water partition coefficient (Wildman–Crippen LogP) is 6.34. The van der Waals surface area contributed by atoms with Crippen LogP contribution in [0.5, 0.6) is 11.5 Å². The average molecular weight is 800 g/mol. The Balaban J connectivity index is 1.28. The highest BCUT2D eigenvalue weighted by Crippen LogP contribution is 2.57. The van der Waals surface area contributed by atoms with Gasteiger partial charge in [0.2, 0.25) is 21.8 Å². The maximum absolute atomic E-state index is 14.8. The minimum Gasteiger partial charge on any atom is -0.496 e. The van der Waals surface area contributed by atoms with E-state index in [4.69, 9.17) is 19.2 Å². The van der Waals surface area contributed by atoms with Crippen LogP contribution in [0.1, 0.15) is 84.1 Å². The molecule has 7 rings (SSSR count). The van der Waals surface area contributed by atoms with Gasteiger partial charge >= 0.3 is 5.97 Å². The number of ketones is 1. The topological polar surface area (TPSA) is 158 Å². The summed E-state index contributed by atoms with van der Waals surface area (Å²) in [6.07, 6.45) is 4.85. The fourth-order valence-corrected chi connectivity index (χ4v) is 9.78. The summed E-state index contributed by atoms with van der Waals surface area (Å²) in [4.78, 5) is 62.8. The third-order valence-electron chi connectivity index (χ3n) is 12.1. The van der Waals surface area contributed by atoms with Crippen LogP contribution in [0.2, 0.25) is 0 Å². The molecule has 2 amide bonds. The lowest BCUT2D eigenvalue weighted by Gasteiger charge is -2.34. The van der Waals surface area contributed by atoms with Crippen LogP contribution in [0.15, 0.2) is 61.2 Å². The van der Waals surface area contributed by atoms with E-state index in [1.54, 1.807) is 13.2 Å². The van der Waals surface area contributed by atoms with Crippen LogP contribution in [0.25, 0.3) is 22.2 Å². The molecule has 13 heteroatoms. The van der Waals surface area contributed by atoms with E-state index in [1.807, 2.05) is 69.3 Å². The lowest BCUT2D eigenvalue weighted by molar-refractivity contribution is -0.153. The number of pyridine rings is 1. The zero-order valence-corrected chi connectivity index (χ0v) is 34.1. The van der Waals surface area contributed by atoms with Gasteiger partial charge in [0.05, 0.1) is 60.5 Å². The molecule has 2 saturated carbocycles. The minimum absolute atomic E-state index is 0.0461. The summed E-state index contributed by atoms with van der Waals surface area (Å²) in [7, 11) is -2.23. The van der Waals surface area contributed by atoms with Gasteiger partial charge in [0.25, 0.3) is 0 Å². The molecule has 1 N–H and O–H groups in total. The molecule has 0 radical (unpaired) electrons. The van der Waals surface area contributed by atoms with Crippen LogP contribution in [0.4, 0.5) is 0 Å². The molecule has 4 aliphatic rings. The number of fused-ring (bicyclic) bond motifs is 3. The first-order valence-corrected chi connectivity index (χ1v) is 21.6. The van der Waals surface area contributed by atoms with Gasteiger partial charge < -0.3 is 19.1 Å². The molecular weight excluding hydrogens is 747 g/mol. The van der Waals surface area contributed by atoms with E-state index in [-0.39, 0.29) is 50.5 Å². The lowest BCUT2D eigenvalue weighted by atomic mass is 9.77. The maximum atomic E-state index is 14.8. The molecule has 2 aromatic carbocycles. The first kappa shape index (κ1) is 40.4. The molecule has 1 saturated heterocycles. The smallest absolute Gasteiger partial charge is 0.306 e. The van der Waals surface area contributed by atoms with Crippen molar-refractivity contribution >= 4 is 44.5 Å². The molecule has 2 aliphatic heterocycles. The number of aryl methyl sites for hydroxylation is 1. The van der Waals surface area contributed by atoms with Gasteiger partial charge in [-0.1, -0.05) is 57.2 Å². The van der Waals surface area contributed by atoms with Crippen molar-refractivity contribution in [2.45, 2.75) is 102 Å². The Morgan fingerprint density at radius 2 is 1.84 bits per heavy atom. The Morgan fingerprint density at radius 1 is 1.09 bits per heavy atom. The Morgan fingerprint density at radius 3 is 2.51 bits per heavy atom. The van der Waals surface area contributed by atoms with E-state index in [0.29, 0.717) is 48.4 Å². The summed E-state index contributed by atoms with van der Waals surface area (Å²) in [5.74, 6) is -1.94. The van der Waals surface area contributed by atoms with Crippen molar-refractivity contribution in [2.75, 3.05) is 20.3 Å². The van der Waals surface area contributed by atoms with Crippen molar-refractivity contribution in [2.24, 2.45) is 22.7 Å². The van der Waals surface area contributed by atoms with Crippen molar-refractivity contribution in [3.63, 3.8) is 0 Å². The summed E-state index contributed by atoms with van der Waals surface area (Å²) < 4.78 is 46.2. The number of sulfonamides is 1. The molecule has 4 bridgehead atoms.